The van der Waals surface area contributed by atoms with Crippen LogP contribution in [0.1, 0.15) is 191 Å². The normalized spacial score (nSPS) is 27.9. The fourth-order valence-corrected chi connectivity index (χ4v) is 12.2. The highest BCUT2D eigenvalue weighted by Crippen LogP contribution is 2.67. The number of carbonyl (C=O) groups is 2. The predicted molar refractivity (Wildman–Crippen MR) is 233 cm³/mol. The minimum atomic E-state index is -0.834. The van der Waals surface area contributed by atoms with Crippen molar-refractivity contribution in [3.8, 4) is 11.5 Å². The van der Waals surface area contributed by atoms with Gasteiger partial charge in [-0.15, -0.1) is 0 Å². The van der Waals surface area contributed by atoms with Crippen LogP contribution in [0.2, 0.25) is 0 Å². The van der Waals surface area contributed by atoms with Gasteiger partial charge in [0.05, 0.1) is 17.7 Å². The standard InChI is InChI=1S/C52H74F2O5/c1-7-8-9-10-11-12-13-14-15-31-57-48-26-19-37(32-47(48)54)49(55)58-39-21-23-42(46(53)34-39)50(56)59-40-27-29-51(5)38(33-40)20-22-41-44-25-24-43(36(4)18-16-17-35(2)3)52(44,6)30-28-45(41)51/h19-21,23,26,32,34-36,40-41,43-45H,7-18,22,24-25,27-31,33H2,1-6H3/t36-,40+,41+,43-,44+,45+,51+,52-/m1/s1. The second-order valence-corrected chi connectivity index (χ2v) is 19.9. The maximum absolute atomic E-state index is 15.3. The Balaban J connectivity index is 0.969. The van der Waals surface area contributed by atoms with E-state index in [0.717, 1.165) is 80.2 Å². The molecule has 4 aliphatic rings. The Labute approximate surface area is 354 Å². The molecule has 2 aromatic carbocycles. The van der Waals surface area contributed by atoms with E-state index in [1.807, 2.05) is 0 Å². The summed E-state index contributed by atoms with van der Waals surface area (Å²) in [6.07, 6.45) is 25.7. The van der Waals surface area contributed by atoms with Gasteiger partial charge in [-0.1, -0.05) is 124 Å². The molecule has 0 N–H and O–H groups in total. The van der Waals surface area contributed by atoms with Crippen molar-refractivity contribution in [1.82, 2.24) is 0 Å². The van der Waals surface area contributed by atoms with E-state index in [2.05, 4.69) is 47.6 Å². The number of hydrogen-bond donors (Lipinski definition) is 0. The van der Waals surface area contributed by atoms with Crippen molar-refractivity contribution in [2.24, 2.45) is 46.3 Å². The van der Waals surface area contributed by atoms with Crippen molar-refractivity contribution in [2.45, 2.75) is 176 Å². The summed E-state index contributed by atoms with van der Waals surface area (Å²) in [5.74, 6) is 1.54. The fourth-order valence-electron chi connectivity index (χ4n) is 12.2. The third kappa shape index (κ3) is 10.8. The lowest BCUT2D eigenvalue weighted by molar-refractivity contribution is -0.0595. The van der Waals surface area contributed by atoms with Crippen molar-refractivity contribution < 1.29 is 32.6 Å². The Kier molecular flexibility index (Phi) is 15.8. The van der Waals surface area contributed by atoms with Crippen molar-refractivity contribution in [2.75, 3.05) is 6.61 Å². The lowest BCUT2D eigenvalue weighted by Crippen LogP contribution is -2.51. The molecule has 0 heterocycles. The Morgan fingerprint density at radius 1 is 0.780 bits per heavy atom. The zero-order valence-electron chi connectivity index (χ0n) is 37.2. The molecule has 8 atom stereocenters. The average Bonchev–Trinajstić information content (AvgIpc) is 3.56. The molecule has 0 saturated heterocycles. The first-order chi connectivity index (χ1) is 28.3. The van der Waals surface area contributed by atoms with Gasteiger partial charge < -0.3 is 14.2 Å². The van der Waals surface area contributed by atoms with E-state index in [1.54, 1.807) is 0 Å². The highest BCUT2D eigenvalue weighted by atomic mass is 19.1. The molecule has 0 aromatic heterocycles. The SMILES string of the molecule is CCCCCCCCCCCOc1ccc(C(=O)Oc2ccc(C(=O)O[C@H]3CC[C@@]4(C)C(=CC[C@H]5[C@@H]6CC[C@H]([C@H](C)CCCC(C)C)[C@@]6(C)CC[C@@H]54)C3)c(F)c2)cc1F. The van der Waals surface area contributed by atoms with Crippen LogP contribution in [0, 0.1) is 58.0 Å². The molecule has 0 amide bonds. The van der Waals surface area contributed by atoms with Crippen molar-refractivity contribution in [3.05, 3.63) is 70.8 Å². The molecule has 2 aromatic rings. The number of fused-ring (bicyclic) bond motifs is 5. The first-order valence-corrected chi connectivity index (χ1v) is 23.7. The minimum absolute atomic E-state index is 0.0220. The summed E-state index contributed by atoms with van der Waals surface area (Å²) < 4.78 is 47.1. The number of rotatable bonds is 20. The fraction of sp³-hybridized carbons (Fsp3) is 0.692. The molecule has 7 heteroatoms. The van der Waals surface area contributed by atoms with Gasteiger partial charge in [0.25, 0.3) is 0 Å². The Morgan fingerprint density at radius 3 is 2.24 bits per heavy atom. The molecule has 6 rings (SSSR count). The smallest absolute Gasteiger partial charge is 0.343 e. The van der Waals surface area contributed by atoms with E-state index in [0.29, 0.717) is 24.4 Å². The number of unbranched alkanes of at least 4 members (excludes halogenated alkanes) is 8. The summed E-state index contributed by atoms with van der Waals surface area (Å²) >= 11 is 0. The topological polar surface area (TPSA) is 61.8 Å². The highest BCUT2D eigenvalue weighted by molar-refractivity contribution is 5.92. The van der Waals surface area contributed by atoms with Crippen LogP contribution in [0.5, 0.6) is 11.5 Å². The predicted octanol–water partition coefficient (Wildman–Crippen LogP) is 14.7. The van der Waals surface area contributed by atoms with Gasteiger partial charge in [0.15, 0.2) is 11.6 Å². The first kappa shape index (κ1) is 45.3. The van der Waals surface area contributed by atoms with Crippen molar-refractivity contribution >= 4 is 11.9 Å². The van der Waals surface area contributed by atoms with Gasteiger partial charge in [0.2, 0.25) is 0 Å². The molecule has 3 fully saturated rings. The lowest BCUT2D eigenvalue weighted by atomic mass is 9.47. The maximum Gasteiger partial charge on any atom is 0.343 e. The maximum atomic E-state index is 15.3. The summed E-state index contributed by atoms with van der Waals surface area (Å²) in [6, 6.07) is 7.59. The third-order valence-electron chi connectivity index (χ3n) is 15.6. The molecule has 4 aliphatic carbocycles. The Hall–Kier alpha value is -3.22. The average molecular weight is 817 g/mol. The number of esters is 2. The zero-order valence-corrected chi connectivity index (χ0v) is 37.2. The summed E-state index contributed by atoms with van der Waals surface area (Å²) in [6.45, 7) is 14.9. The van der Waals surface area contributed by atoms with Crippen LogP contribution in [-0.4, -0.2) is 24.6 Å². The van der Waals surface area contributed by atoms with Crippen LogP contribution < -0.4 is 9.47 Å². The van der Waals surface area contributed by atoms with Gasteiger partial charge >= 0.3 is 11.9 Å². The molecule has 5 nitrogen and oxygen atoms in total. The minimum Gasteiger partial charge on any atom is -0.491 e. The molecule has 0 unspecified atom stereocenters. The summed E-state index contributed by atoms with van der Waals surface area (Å²) in [7, 11) is 0. The number of benzene rings is 2. The second kappa shape index (κ2) is 20.6. The molecule has 326 valence electrons. The Bertz CT molecular complexity index is 1750. The Morgan fingerprint density at radius 2 is 1.53 bits per heavy atom. The van der Waals surface area contributed by atoms with E-state index >= 15 is 4.39 Å². The van der Waals surface area contributed by atoms with Gasteiger partial charge in [-0.25, -0.2) is 18.4 Å². The summed E-state index contributed by atoms with van der Waals surface area (Å²) in [5, 5.41) is 0. The molecular weight excluding hydrogens is 743 g/mol. The third-order valence-corrected chi connectivity index (χ3v) is 15.6. The molecular formula is C52H74F2O5. The summed E-state index contributed by atoms with van der Waals surface area (Å²) in [5.41, 5.74) is 1.76. The molecule has 0 radical (unpaired) electrons. The number of ether oxygens (including phenoxy) is 3. The van der Waals surface area contributed by atoms with Crippen LogP contribution in [-0.2, 0) is 4.74 Å². The second-order valence-electron chi connectivity index (χ2n) is 19.9. The van der Waals surface area contributed by atoms with E-state index < -0.39 is 23.6 Å². The van der Waals surface area contributed by atoms with Crippen LogP contribution in [0.3, 0.4) is 0 Å². The van der Waals surface area contributed by atoms with E-state index in [1.165, 1.54) is 113 Å². The quantitative estimate of drug-likeness (QED) is 0.0576. The van der Waals surface area contributed by atoms with Gasteiger partial charge in [-0.3, -0.25) is 0 Å². The van der Waals surface area contributed by atoms with Crippen LogP contribution in [0.4, 0.5) is 8.78 Å². The van der Waals surface area contributed by atoms with Crippen molar-refractivity contribution in [3.63, 3.8) is 0 Å². The molecule has 3 saturated carbocycles. The first-order valence-electron chi connectivity index (χ1n) is 23.7. The van der Waals surface area contributed by atoms with Crippen LogP contribution >= 0.6 is 0 Å². The van der Waals surface area contributed by atoms with Gasteiger partial charge in [-0.2, -0.15) is 0 Å². The zero-order chi connectivity index (χ0) is 42.2. The molecule has 59 heavy (non-hydrogen) atoms. The number of hydrogen-bond acceptors (Lipinski definition) is 5. The van der Waals surface area contributed by atoms with E-state index in [4.69, 9.17) is 14.2 Å². The molecule has 0 spiro atoms. The summed E-state index contributed by atoms with van der Waals surface area (Å²) in [4.78, 5) is 26.2. The van der Waals surface area contributed by atoms with Gasteiger partial charge in [-0.05, 0) is 128 Å². The molecule has 0 aliphatic heterocycles. The van der Waals surface area contributed by atoms with Gasteiger partial charge in [0.1, 0.15) is 17.7 Å². The molecule has 0 bridgehead atoms. The van der Waals surface area contributed by atoms with E-state index in [9.17, 15) is 14.0 Å². The lowest BCUT2D eigenvalue weighted by Gasteiger charge is -2.58. The monoisotopic (exact) mass is 817 g/mol. The largest absolute Gasteiger partial charge is 0.491 e. The number of halogens is 2. The van der Waals surface area contributed by atoms with Crippen LogP contribution in [0.25, 0.3) is 0 Å². The van der Waals surface area contributed by atoms with E-state index in [-0.39, 0.29) is 34.1 Å². The highest BCUT2D eigenvalue weighted by Gasteiger charge is 2.59. The van der Waals surface area contributed by atoms with Gasteiger partial charge in [0, 0.05) is 12.5 Å². The van der Waals surface area contributed by atoms with Crippen molar-refractivity contribution in [1.29, 1.82) is 0 Å². The number of carbonyl (C=O) groups excluding carboxylic acids is 2. The van der Waals surface area contributed by atoms with Crippen LogP contribution in [0.15, 0.2) is 48.0 Å². The number of allylic oxidation sites excluding steroid dienone is 1.